The molecule has 1 aromatic heterocycles. The summed E-state index contributed by atoms with van der Waals surface area (Å²) in [7, 11) is 0. The molecule has 0 aliphatic heterocycles. The molecule has 0 bridgehead atoms. The van der Waals surface area contributed by atoms with E-state index in [1.54, 1.807) is 0 Å². The molecule has 0 fully saturated rings. The van der Waals surface area contributed by atoms with Crippen molar-refractivity contribution in [3.63, 3.8) is 0 Å². The Balaban J connectivity index is 1.74. The second-order valence-electron chi connectivity index (χ2n) is 6.39. The van der Waals surface area contributed by atoms with E-state index >= 15 is 0 Å². The molecule has 4 rings (SSSR count). The van der Waals surface area contributed by atoms with Gasteiger partial charge in [0, 0.05) is 16.5 Å². The van der Waals surface area contributed by atoms with Gasteiger partial charge in [0.05, 0.1) is 0 Å². The molecule has 0 saturated heterocycles. The third-order valence-electron chi connectivity index (χ3n) is 4.83. The van der Waals surface area contributed by atoms with Gasteiger partial charge in [0.15, 0.2) is 0 Å². The summed E-state index contributed by atoms with van der Waals surface area (Å²) in [5.41, 5.74) is 4.54. The van der Waals surface area contributed by atoms with Crippen molar-refractivity contribution in [3.8, 4) is 5.75 Å². The molecule has 0 atom stereocenters. The van der Waals surface area contributed by atoms with Crippen LogP contribution in [0.1, 0.15) is 35.1 Å². The predicted octanol–water partition coefficient (Wildman–Crippen LogP) is 4.56. The molecule has 1 aliphatic rings. The Morgan fingerprint density at radius 3 is 2.54 bits per heavy atom. The zero-order valence-electron chi connectivity index (χ0n) is 13.8. The summed E-state index contributed by atoms with van der Waals surface area (Å²) in [6.07, 6.45) is 4.00. The Morgan fingerprint density at radius 2 is 1.75 bits per heavy atom. The number of hydrogen-bond acceptors (Lipinski definition) is 3. The fourth-order valence-electron chi connectivity index (χ4n) is 3.52. The molecule has 0 N–H and O–H groups in total. The van der Waals surface area contributed by atoms with Crippen molar-refractivity contribution in [2.24, 2.45) is 0 Å². The van der Waals surface area contributed by atoms with Crippen LogP contribution in [0.2, 0.25) is 0 Å². The van der Waals surface area contributed by atoms with Gasteiger partial charge in [0.1, 0.15) is 17.9 Å². The van der Waals surface area contributed by atoms with Crippen molar-refractivity contribution >= 4 is 11.0 Å². The molecule has 0 saturated carbocycles. The molecule has 3 nitrogen and oxygen atoms in total. The first kappa shape index (κ1) is 15.0. The standard InChI is InChI=1S/C21H20O3/c1-14-19(23-13-15-7-3-2-4-8-15)12-11-17-16-9-5-6-10-18(16)21(22)24-20(14)17/h2-4,7-8,11-12H,5-6,9-10,13H2,1H3. The Labute approximate surface area is 140 Å². The molecule has 1 aliphatic carbocycles. The summed E-state index contributed by atoms with van der Waals surface area (Å²) in [6.45, 7) is 2.46. The highest BCUT2D eigenvalue weighted by molar-refractivity contribution is 5.86. The van der Waals surface area contributed by atoms with Gasteiger partial charge in [-0.15, -0.1) is 0 Å². The molecule has 0 radical (unpaired) electrons. The number of aryl methyl sites for hydroxylation is 2. The summed E-state index contributed by atoms with van der Waals surface area (Å²) in [4.78, 5) is 12.3. The van der Waals surface area contributed by atoms with Gasteiger partial charge in [-0.2, -0.15) is 0 Å². The smallest absolute Gasteiger partial charge is 0.339 e. The van der Waals surface area contributed by atoms with Crippen LogP contribution in [0.25, 0.3) is 11.0 Å². The first-order valence-electron chi connectivity index (χ1n) is 8.49. The average Bonchev–Trinajstić information content (AvgIpc) is 2.63. The third-order valence-corrected chi connectivity index (χ3v) is 4.83. The fourth-order valence-corrected chi connectivity index (χ4v) is 3.52. The molecule has 3 aromatic rings. The van der Waals surface area contributed by atoms with Crippen molar-refractivity contribution in [3.05, 3.63) is 75.1 Å². The molecule has 122 valence electrons. The van der Waals surface area contributed by atoms with Crippen LogP contribution >= 0.6 is 0 Å². The number of benzene rings is 2. The van der Waals surface area contributed by atoms with Gasteiger partial charge in [0.25, 0.3) is 0 Å². The largest absolute Gasteiger partial charge is 0.488 e. The molecule has 0 unspecified atom stereocenters. The minimum absolute atomic E-state index is 0.180. The van der Waals surface area contributed by atoms with E-state index in [9.17, 15) is 4.79 Å². The SMILES string of the molecule is Cc1c(OCc2ccccc2)ccc2c3c(c(=O)oc12)CCCC3. The van der Waals surface area contributed by atoms with Crippen LogP contribution in [0.5, 0.6) is 5.75 Å². The summed E-state index contributed by atoms with van der Waals surface area (Å²) < 4.78 is 11.6. The minimum atomic E-state index is -0.180. The molecule has 0 spiro atoms. The molecule has 3 heteroatoms. The molecular weight excluding hydrogens is 300 g/mol. The second kappa shape index (κ2) is 6.16. The van der Waals surface area contributed by atoms with Crippen LogP contribution in [0.15, 0.2) is 51.7 Å². The highest BCUT2D eigenvalue weighted by Gasteiger charge is 2.19. The van der Waals surface area contributed by atoms with Crippen molar-refractivity contribution in [1.82, 2.24) is 0 Å². The monoisotopic (exact) mass is 320 g/mol. The van der Waals surface area contributed by atoms with E-state index < -0.39 is 0 Å². The maximum atomic E-state index is 12.3. The van der Waals surface area contributed by atoms with Gasteiger partial charge in [-0.25, -0.2) is 4.79 Å². The van der Waals surface area contributed by atoms with Crippen molar-refractivity contribution in [1.29, 1.82) is 0 Å². The summed E-state index contributed by atoms with van der Waals surface area (Å²) in [5, 5.41) is 1.06. The zero-order chi connectivity index (χ0) is 16.5. The first-order chi connectivity index (χ1) is 11.7. The topological polar surface area (TPSA) is 39.4 Å². The molecular formula is C21H20O3. The predicted molar refractivity (Wildman–Crippen MR) is 94.6 cm³/mol. The van der Waals surface area contributed by atoms with E-state index in [1.807, 2.05) is 49.4 Å². The van der Waals surface area contributed by atoms with E-state index in [0.29, 0.717) is 12.2 Å². The van der Waals surface area contributed by atoms with Crippen molar-refractivity contribution in [2.45, 2.75) is 39.2 Å². The van der Waals surface area contributed by atoms with Crippen molar-refractivity contribution < 1.29 is 9.15 Å². The number of rotatable bonds is 3. The first-order valence-corrected chi connectivity index (χ1v) is 8.49. The lowest BCUT2D eigenvalue weighted by molar-refractivity contribution is 0.304. The van der Waals surface area contributed by atoms with Crippen LogP contribution in [0.3, 0.4) is 0 Å². The van der Waals surface area contributed by atoms with Gasteiger partial charge >= 0.3 is 5.63 Å². The normalized spacial score (nSPS) is 13.7. The minimum Gasteiger partial charge on any atom is -0.488 e. The van der Waals surface area contributed by atoms with Crippen LogP contribution in [0, 0.1) is 6.92 Å². The Hall–Kier alpha value is -2.55. The molecule has 24 heavy (non-hydrogen) atoms. The number of ether oxygens (including phenoxy) is 1. The van der Waals surface area contributed by atoms with Gasteiger partial charge in [-0.1, -0.05) is 30.3 Å². The van der Waals surface area contributed by atoms with Gasteiger partial charge in [-0.3, -0.25) is 0 Å². The lowest BCUT2D eigenvalue weighted by Gasteiger charge is -2.18. The molecule has 0 amide bonds. The lowest BCUT2D eigenvalue weighted by atomic mass is 9.90. The Bertz CT molecular complexity index is 939. The fraction of sp³-hybridized carbons (Fsp3) is 0.286. The van der Waals surface area contributed by atoms with Gasteiger partial charge in [0.2, 0.25) is 0 Å². The zero-order valence-corrected chi connectivity index (χ0v) is 13.8. The van der Waals surface area contributed by atoms with E-state index in [2.05, 4.69) is 0 Å². The summed E-state index contributed by atoms with van der Waals surface area (Å²) >= 11 is 0. The summed E-state index contributed by atoms with van der Waals surface area (Å²) in [5.74, 6) is 0.769. The van der Waals surface area contributed by atoms with E-state index in [-0.39, 0.29) is 5.63 Å². The van der Waals surface area contributed by atoms with E-state index in [0.717, 1.165) is 53.5 Å². The molecule has 1 heterocycles. The summed E-state index contributed by atoms with van der Waals surface area (Å²) in [6, 6.07) is 14.1. The lowest BCUT2D eigenvalue weighted by Crippen LogP contribution is -2.16. The van der Waals surface area contributed by atoms with Gasteiger partial charge < -0.3 is 9.15 Å². The van der Waals surface area contributed by atoms with E-state index in [4.69, 9.17) is 9.15 Å². The van der Waals surface area contributed by atoms with E-state index in [1.165, 1.54) is 5.56 Å². The average molecular weight is 320 g/mol. The van der Waals surface area contributed by atoms with Crippen LogP contribution in [0.4, 0.5) is 0 Å². The Morgan fingerprint density at radius 1 is 1.00 bits per heavy atom. The maximum absolute atomic E-state index is 12.3. The number of hydrogen-bond donors (Lipinski definition) is 0. The third kappa shape index (κ3) is 2.60. The second-order valence-corrected chi connectivity index (χ2v) is 6.39. The highest BCUT2D eigenvalue weighted by atomic mass is 16.5. The van der Waals surface area contributed by atoms with Crippen molar-refractivity contribution in [2.75, 3.05) is 0 Å². The maximum Gasteiger partial charge on any atom is 0.339 e. The highest BCUT2D eigenvalue weighted by Crippen LogP contribution is 2.32. The number of fused-ring (bicyclic) bond motifs is 3. The van der Waals surface area contributed by atoms with Gasteiger partial charge in [-0.05, 0) is 55.9 Å². The van der Waals surface area contributed by atoms with Crippen LogP contribution in [-0.4, -0.2) is 0 Å². The van der Waals surface area contributed by atoms with Crippen LogP contribution in [-0.2, 0) is 19.4 Å². The molecule has 2 aromatic carbocycles. The van der Waals surface area contributed by atoms with Crippen LogP contribution < -0.4 is 10.4 Å². The quantitative estimate of drug-likeness (QED) is 0.664. The Kier molecular flexibility index (Phi) is 3.85.